The monoisotopic (exact) mass is 192 g/mol. The Morgan fingerprint density at radius 1 is 1.27 bits per heavy atom. The molecule has 2 unspecified atom stereocenters. The molecule has 0 aromatic rings. The molecule has 0 spiro atoms. The highest BCUT2D eigenvalue weighted by atomic mass is 35.5. The molecule has 0 aliphatic carbocycles. The lowest BCUT2D eigenvalue weighted by Gasteiger charge is -2.19. The summed E-state index contributed by atoms with van der Waals surface area (Å²) in [5.41, 5.74) is 0.994. The van der Waals surface area contributed by atoms with E-state index in [9.17, 15) is 0 Å². The predicted molar refractivity (Wildman–Crippen MR) is 57.5 cm³/mol. The minimum absolute atomic E-state index is 0.460. The molecule has 0 nitrogen and oxygen atoms in total. The van der Waals surface area contributed by atoms with E-state index >= 15 is 0 Å². The fourth-order valence-corrected chi connectivity index (χ4v) is 5.51. The lowest BCUT2D eigenvalue weighted by Crippen LogP contribution is -2.18. The van der Waals surface area contributed by atoms with Gasteiger partial charge in [-0.15, -0.1) is 11.6 Å². The van der Waals surface area contributed by atoms with Gasteiger partial charge in [0.2, 0.25) is 0 Å². The third kappa shape index (κ3) is 4.86. The molecule has 0 aromatic carbocycles. The smallest absolute Gasteiger partial charge is 0.0407 e. The molecule has 0 rings (SSSR count). The SMILES string of the molecule is CCC[SiH](CCCl)C(C)CC. The van der Waals surface area contributed by atoms with Gasteiger partial charge in [-0.3, -0.25) is 0 Å². The van der Waals surface area contributed by atoms with Crippen LogP contribution >= 0.6 is 11.6 Å². The molecule has 0 saturated heterocycles. The third-order valence-corrected chi connectivity index (χ3v) is 7.60. The first-order chi connectivity index (χ1) is 5.26. The molecule has 0 bridgehead atoms. The van der Waals surface area contributed by atoms with E-state index < -0.39 is 8.80 Å². The van der Waals surface area contributed by atoms with Gasteiger partial charge in [0.15, 0.2) is 0 Å². The van der Waals surface area contributed by atoms with Gasteiger partial charge in [0.25, 0.3) is 0 Å². The van der Waals surface area contributed by atoms with Crippen LogP contribution in [0.2, 0.25) is 17.6 Å². The molecule has 0 saturated carbocycles. The highest BCUT2D eigenvalue weighted by molar-refractivity contribution is 6.61. The first kappa shape index (κ1) is 11.5. The molecule has 0 aromatic heterocycles. The van der Waals surface area contributed by atoms with Crippen LogP contribution in [0.1, 0.15) is 33.6 Å². The maximum atomic E-state index is 5.77. The minimum atomic E-state index is -0.460. The lowest BCUT2D eigenvalue weighted by molar-refractivity contribution is 0.834. The van der Waals surface area contributed by atoms with Crippen molar-refractivity contribution in [3.8, 4) is 0 Å². The van der Waals surface area contributed by atoms with Gasteiger partial charge in [-0.2, -0.15) is 0 Å². The van der Waals surface area contributed by atoms with Crippen LogP contribution in [-0.2, 0) is 0 Å². The highest BCUT2D eigenvalue weighted by Crippen LogP contribution is 2.21. The van der Waals surface area contributed by atoms with Crippen molar-refractivity contribution < 1.29 is 0 Å². The Bertz CT molecular complexity index is 79.6. The average molecular weight is 193 g/mol. The summed E-state index contributed by atoms with van der Waals surface area (Å²) < 4.78 is 0. The third-order valence-electron chi connectivity index (χ3n) is 2.59. The Morgan fingerprint density at radius 3 is 2.27 bits per heavy atom. The topological polar surface area (TPSA) is 0 Å². The van der Waals surface area contributed by atoms with Crippen LogP contribution in [0, 0.1) is 0 Å². The van der Waals surface area contributed by atoms with E-state index in [0.717, 1.165) is 11.4 Å². The molecule has 0 amide bonds. The summed E-state index contributed by atoms with van der Waals surface area (Å²) >= 11 is 5.77. The van der Waals surface area contributed by atoms with Crippen LogP contribution in [0.3, 0.4) is 0 Å². The molecule has 11 heavy (non-hydrogen) atoms. The molecule has 0 N–H and O–H groups in total. The second kappa shape index (κ2) is 7.17. The summed E-state index contributed by atoms with van der Waals surface area (Å²) in [7, 11) is -0.460. The van der Waals surface area contributed by atoms with Crippen molar-refractivity contribution in [3.05, 3.63) is 0 Å². The van der Waals surface area contributed by atoms with Crippen molar-refractivity contribution in [2.75, 3.05) is 5.88 Å². The van der Waals surface area contributed by atoms with Crippen LogP contribution in [0.5, 0.6) is 0 Å². The quantitative estimate of drug-likeness (QED) is 0.445. The van der Waals surface area contributed by atoms with Gasteiger partial charge in [-0.1, -0.05) is 45.2 Å². The maximum Gasteiger partial charge on any atom is 0.0407 e. The van der Waals surface area contributed by atoms with E-state index in [4.69, 9.17) is 11.6 Å². The van der Waals surface area contributed by atoms with Crippen molar-refractivity contribution in [2.45, 2.75) is 51.2 Å². The first-order valence-electron chi connectivity index (χ1n) is 4.82. The van der Waals surface area contributed by atoms with Crippen molar-refractivity contribution in [3.63, 3.8) is 0 Å². The summed E-state index contributed by atoms with van der Waals surface area (Å²) in [6, 6.07) is 2.83. The fraction of sp³-hybridized carbons (Fsp3) is 1.00. The van der Waals surface area contributed by atoms with Gasteiger partial charge >= 0.3 is 0 Å². The Hall–Kier alpha value is 0.507. The average Bonchev–Trinajstić information content (AvgIpc) is 2.03. The molecule has 0 radical (unpaired) electrons. The van der Waals surface area contributed by atoms with Gasteiger partial charge in [-0.25, -0.2) is 0 Å². The molecule has 68 valence electrons. The van der Waals surface area contributed by atoms with Crippen LogP contribution < -0.4 is 0 Å². The molecule has 0 fully saturated rings. The Labute approximate surface area is 77.9 Å². The largest absolute Gasteiger partial charge is 0.127 e. The zero-order valence-electron chi connectivity index (χ0n) is 8.07. The molecular formula is C9H21ClSi. The van der Waals surface area contributed by atoms with E-state index in [2.05, 4.69) is 20.8 Å². The highest BCUT2D eigenvalue weighted by Gasteiger charge is 2.15. The second-order valence-electron chi connectivity index (χ2n) is 3.41. The Balaban J connectivity index is 3.66. The zero-order chi connectivity index (χ0) is 8.69. The summed E-state index contributed by atoms with van der Waals surface area (Å²) in [5.74, 6) is 0.890. The predicted octanol–water partition coefficient (Wildman–Crippen LogP) is 3.66. The van der Waals surface area contributed by atoms with Gasteiger partial charge in [0.1, 0.15) is 0 Å². The van der Waals surface area contributed by atoms with Gasteiger partial charge in [-0.05, 0) is 6.04 Å². The number of rotatable bonds is 6. The summed E-state index contributed by atoms with van der Waals surface area (Å²) in [6.45, 7) is 6.99. The Kier molecular flexibility index (Phi) is 7.50. The number of halogens is 1. The van der Waals surface area contributed by atoms with Crippen LogP contribution in [0.4, 0.5) is 0 Å². The zero-order valence-corrected chi connectivity index (χ0v) is 9.98. The summed E-state index contributed by atoms with van der Waals surface area (Å²) in [4.78, 5) is 0. The lowest BCUT2D eigenvalue weighted by atomic mass is 10.4. The van der Waals surface area contributed by atoms with Crippen LogP contribution in [-0.4, -0.2) is 14.7 Å². The number of alkyl halides is 1. The minimum Gasteiger partial charge on any atom is -0.127 e. The molecule has 0 heterocycles. The van der Waals surface area contributed by atoms with Crippen molar-refractivity contribution >= 4 is 20.4 Å². The number of hydrogen-bond acceptors (Lipinski definition) is 0. The fourth-order valence-electron chi connectivity index (χ4n) is 1.56. The Morgan fingerprint density at radius 2 is 1.91 bits per heavy atom. The van der Waals surface area contributed by atoms with Gasteiger partial charge in [0, 0.05) is 14.7 Å². The standard InChI is InChI=1S/C9H21ClSi/c1-4-7-11(8-6-10)9(3)5-2/h9,11H,4-8H2,1-3H3. The van der Waals surface area contributed by atoms with E-state index in [1.54, 1.807) is 0 Å². The van der Waals surface area contributed by atoms with Crippen molar-refractivity contribution in [2.24, 2.45) is 0 Å². The van der Waals surface area contributed by atoms with E-state index in [1.165, 1.54) is 24.9 Å². The molecule has 2 atom stereocenters. The first-order valence-corrected chi connectivity index (χ1v) is 7.65. The van der Waals surface area contributed by atoms with E-state index in [0.29, 0.717) is 0 Å². The van der Waals surface area contributed by atoms with Gasteiger partial charge in [0.05, 0.1) is 0 Å². The van der Waals surface area contributed by atoms with Crippen molar-refractivity contribution in [1.82, 2.24) is 0 Å². The molecular weight excluding hydrogens is 172 g/mol. The van der Waals surface area contributed by atoms with Gasteiger partial charge < -0.3 is 0 Å². The normalized spacial score (nSPS) is 16.4. The van der Waals surface area contributed by atoms with Crippen LogP contribution in [0.15, 0.2) is 0 Å². The van der Waals surface area contributed by atoms with E-state index in [-0.39, 0.29) is 0 Å². The van der Waals surface area contributed by atoms with Crippen LogP contribution in [0.25, 0.3) is 0 Å². The van der Waals surface area contributed by atoms with Crippen molar-refractivity contribution in [1.29, 1.82) is 0 Å². The molecule has 0 aliphatic heterocycles. The summed E-state index contributed by atoms with van der Waals surface area (Å²) in [5, 5.41) is 0. The maximum absolute atomic E-state index is 5.77. The summed E-state index contributed by atoms with van der Waals surface area (Å²) in [6.07, 6.45) is 2.71. The number of hydrogen-bond donors (Lipinski definition) is 0. The molecule has 2 heteroatoms. The molecule has 0 aliphatic rings. The van der Waals surface area contributed by atoms with E-state index in [1.807, 2.05) is 0 Å². The second-order valence-corrected chi connectivity index (χ2v) is 7.60.